The molecule has 3 aromatic rings. The molecule has 1 N–H and O–H groups in total. The van der Waals surface area contributed by atoms with E-state index in [1.54, 1.807) is 7.05 Å². The molecule has 0 spiro atoms. The summed E-state index contributed by atoms with van der Waals surface area (Å²) in [6, 6.07) is 4.13. The van der Waals surface area contributed by atoms with Gasteiger partial charge in [0.25, 0.3) is 5.56 Å². The van der Waals surface area contributed by atoms with Crippen LogP contribution < -0.4 is 10.9 Å². The third-order valence-corrected chi connectivity index (χ3v) is 3.79. The zero-order chi connectivity index (χ0) is 18.9. The maximum absolute atomic E-state index is 12.5. The van der Waals surface area contributed by atoms with E-state index in [4.69, 9.17) is 0 Å². The van der Waals surface area contributed by atoms with Crippen molar-refractivity contribution >= 4 is 22.6 Å². The van der Waals surface area contributed by atoms with Crippen LogP contribution in [0.25, 0.3) is 11.0 Å². The number of nitrogens with one attached hydrogen (secondary N) is 1. The van der Waals surface area contributed by atoms with Crippen molar-refractivity contribution in [2.24, 2.45) is 7.05 Å². The Morgan fingerprint density at radius 2 is 1.92 bits per heavy atom. The molecule has 0 saturated heterocycles. The number of amides is 1. The molecule has 2 heterocycles. The van der Waals surface area contributed by atoms with E-state index in [1.165, 1.54) is 33.9 Å². The van der Waals surface area contributed by atoms with Gasteiger partial charge in [-0.1, -0.05) is 0 Å². The van der Waals surface area contributed by atoms with E-state index in [0.717, 1.165) is 12.1 Å². The van der Waals surface area contributed by atoms with Crippen LogP contribution in [0.5, 0.6) is 0 Å². The molecule has 0 bridgehead atoms. The van der Waals surface area contributed by atoms with Crippen LogP contribution in [0.1, 0.15) is 12.0 Å². The second kappa shape index (κ2) is 6.62. The molecule has 0 atom stereocenters. The van der Waals surface area contributed by atoms with Crippen molar-refractivity contribution in [3.8, 4) is 0 Å². The number of anilines is 1. The molecular weight excluding hydrogens is 351 g/mol. The zero-order valence-electron chi connectivity index (χ0n) is 13.6. The smallest absolute Gasteiger partial charge is 0.326 e. The minimum atomic E-state index is -4.43. The lowest BCUT2D eigenvalue weighted by Gasteiger charge is -2.09. The van der Waals surface area contributed by atoms with Gasteiger partial charge in [-0.25, -0.2) is 4.98 Å². The van der Waals surface area contributed by atoms with Crippen LogP contribution in [0, 0.1) is 0 Å². The molecule has 0 aliphatic carbocycles. The summed E-state index contributed by atoms with van der Waals surface area (Å²) < 4.78 is 40.3. The number of hydrogen-bond donors (Lipinski definition) is 1. The maximum Gasteiger partial charge on any atom is 0.416 e. The van der Waals surface area contributed by atoms with Gasteiger partial charge in [0.15, 0.2) is 5.65 Å². The molecule has 2 aromatic heterocycles. The van der Waals surface area contributed by atoms with E-state index in [1.807, 2.05) is 0 Å². The predicted molar refractivity (Wildman–Crippen MR) is 87.5 cm³/mol. The summed E-state index contributed by atoms with van der Waals surface area (Å²) in [5.74, 6) is -0.428. The van der Waals surface area contributed by atoms with Gasteiger partial charge in [-0.2, -0.15) is 18.3 Å². The van der Waals surface area contributed by atoms with E-state index >= 15 is 0 Å². The third kappa shape index (κ3) is 3.58. The Balaban J connectivity index is 1.64. The average molecular weight is 365 g/mol. The summed E-state index contributed by atoms with van der Waals surface area (Å²) in [7, 11) is 1.66. The highest BCUT2D eigenvalue weighted by Crippen LogP contribution is 2.29. The topological polar surface area (TPSA) is 81.8 Å². The Labute approximate surface area is 145 Å². The second-order valence-corrected chi connectivity index (χ2v) is 5.62. The second-order valence-electron chi connectivity index (χ2n) is 5.62. The van der Waals surface area contributed by atoms with Gasteiger partial charge in [0, 0.05) is 25.7 Å². The summed E-state index contributed by atoms with van der Waals surface area (Å²) >= 11 is 0. The lowest BCUT2D eigenvalue weighted by molar-refractivity contribution is -0.137. The fourth-order valence-corrected chi connectivity index (χ4v) is 2.41. The number of aromatic nitrogens is 4. The lowest BCUT2D eigenvalue weighted by atomic mass is 10.2. The Morgan fingerprint density at radius 1 is 1.23 bits per heavy atom. The zero-order valence-corrected chi connectivity index (χ0v) is 13.6. The average Bonchev–Trinajstić information content (AvgIpc) is 2.96. The summed E-state index contributed by atoms with van der Waals surface area (Å²) in [4.78, 5) is 28.4. The van der Waals surface area contributed by atoms with E-state index in [-0.39, 0.29) is 24.2 Å². The van der Waals surface area contributed by atoms with Crippen LogP contribution >= 0.6 is 0 Å². The number of aryl methyl sites for hydroxylation is 2. The molecule has 0 saturated carbocycles. The monoisotopic (exact) mass is 365 g/mol. The Morgan fingerprint density at radius 3 is 2.58 bits per heavy atom. The van der Waals surface area contributed by atoms with Crippen LogP contribution in [0.2, 0.25) is 0 Å². The highest BCUT2D eigenvalue weighted by atomic mass is 19.4. The molecule has 0 radical (unpaired) electrons. The van der Waals surface area contributed by atoms with Gasteiger partial charge < -0.3 is 5.32 Å². The summed E-state index contributed by atoms with van der Waals surface area (Å²) in [6.45, 7) is 0.0864. The van der Waals surface area contributed by atoms with Crippen LogP contribution in [0.15, 0.2) is 41.6 Å². The normalized spacial score (nSPS) is 11.7. The highest BCUT2D eigenvalue weighted by Gasteiger charge is 2.29. The number of benzene rings is 1. The number of hydrogen-bond acceptors (Lipinski definition) is 4. The van der Waals surface area contributed by atoms with Gasteiger partial charge in [-0.05, 0) is 24.3 Å². The third-order valence-electron chi connectivity index (χ3n) is 3.79. The standard InChI is InChI=1S/C16H14F3N5O2/c1-23-14-12(8-21-23)15(26)24(9-20-14)7-6-13(25)22-11-4-2-10(3-5-11)16(17,18)19/h2-5,8-9H,6-7H2,1H3,(H,22,25). The van der Waals surface area contributed by atoms with Crippen molar-refractivity contribution in [2.45, 2.75) is 19.1 Å². The van der Waals surface area contributed by atoms with Gasteiger partial charge in [0.1, 0.15) is 5.39 Å². The molecule has 10 heteroatoms. The van der Waals surface area contributed by atoms with Gasteiger partial charge >= 0.3 is 6.18 Å². The van der Waals surface area contributed by atoms with Gasteiger partial charge in [0.2, 0.25) is 5.91 Å². The largest absolute Gasteiger partial charge is 0.416 e. The van der Waals surface area contributed by atoms with Gasteiger partial charge in [-0.15, -0.1) is 0 Å². The Bertz CT molecular complexity index is 1010. The fraction of sp³-hybridized carbons (Fsp3) is 0.250. The number of fused-ring (bicyclic) bond motifs is 1. The number of nitrogens with zero attached hydrogens (tertiary/aromatic N) is 4. The molecule has 26 heavy (non-hydrogen) atoms. The van der Waals surface area contributed by atoms with Crippen molar-refractivity contribution in [2.75, 3.05) is 5.32 Å². The number of rotatable bonds is 4. The molecule has 0 aliphatic heterocycles. The van der Waals surface area contributed by atoms with E-state index in [2.05, 4.69) is 15.4 Å². The van der Waals surface area contributed by atoms with Crippen LogP contribution in [0.3, 0.4) is 0 Å². The van der Waals surface area contributed by atoms with Gasteiger partial charge in [-0.3, -0.25) is 18.8 Å². The first-order chi connectivity index (χ1) is 12.3. The number of alkyl halides is 3. The summed E-state index contributed by atoms with van der Waals surface area (Å²) in [6.07, 6.45) is -1.72. The molecule has 3 rings (SSSR count). The van der Waals surface area contributed by atoms with Crippen LogP contribution in [-0.2, 0) is 24.6 Å². The van der Waals surface area contributed by atoms with Crippen molar-refractivity contribution in [1.82, 2.24) is 19.3 Å². The first-order valence-electron chi connectivity index (χ1n) is 7.60. The Hall–Kier alpha value is -3.17. The quantitative estimate of drug-likeness (QED) is 0.768. The first kappa shape index (κ1) is 17.6. The molecule has 0 aliphatic rings. The Kier molecular flexibility index (Phi) is 4.49. The minimum Gasteiger partial charge on any atom is -0.326 e. The van der Waals surface area contributed by atoms with Crippen LogP contribution in [0.4, 0.5) is 18.9 Å². The predicted octanol–water partition coefficient (Wildman–Crippen LogP) is 2.18. The molecule has 7 nitrogen and oxygen atoms in total. The van der Waals surface area contributed by atoms with Crippen molar-refractivity contribution < 1.29 is 18.0 Å². The van der Waals surface area contributed by atoms with Crippen molar-refractivity contribution in [3.63, 3.8) is 0 Å². The number of carbonyl (C=O) groups excluding carboxylic acids is 1. The van der Waals surface area contributed by atoms with Crippen molar-refractivity contribution in [1.29, 1.82) is 0 Å². The molecule has 1 amide bonds. The highest BCUT2D eigenvalue weighted by molar-refractivity contribution is 5.90. The van der Waals surface area contributed by atoms with E-state index in [0.29, 0.717) is 11.0 Å². The molecular formula is C16H14F3N5O2. The van der Waals surface area contributed by atoms with Gasteiger partial charge in [0.05, 0.1) is 18.1 Å². The molecule has 0 fully saturated rings. The SMILES string of the molecule is Cn1ncc2c(=O)n(CCC(=O)Nc3ccc(C(F)(F)F)cc3)cnc21. The van der Waals surface area contributed by atoms with E-state index in [9.17, 15) is 22.8 Å². The lowest BCUT2D eigenvalue weighted by Crippen LogP contribution is -2.23. The van der Waals surface area contributed by atoms with Crippen molar-refractivity contribution in [3.05, 3.63) is 52.7 Å². The first-order valence-corrected chi connectivity index (χ1v) is 7.60. The maximum atomic E-state index is 12.5. The molecule has 136 valence electrons. The number of carbonyl (C=O) groups is 1. The van der Waals surface area contributed by atoms with E-state index < -0.39 is 17.6 Å². The molecule has 0 unspecified atom stereocenters. The number of halogens is 3. The van der Waals surface area contributed by atoms with Crippen LogP contribution in [-0.4, -0.2) is 25.2 Å². The summed E-state index contributed by atoms with van der Waals surface area (Å²) in [5, 5.41) is 6.79. The minimum absolute atomic E-state index is 0.0334. The fourth-order valence-electron chi connectivity index (χ4n) is 2.41. The molecule has 1 aromatic carbocycles. The summed E-state index contributed by atoms with van der Waals surface area (Å²) in [5.41, 5.74) is -0.417.